The maximum absolute atomic E-state index is 13.2. The number of aromatic nitrogens is 2. The number of amides is 1. The maximum Gasteiger partial charge on any atom is 0.416 e. The number of alkyl halides is 3. The molecule has 1 saturated carbocycles. The Morgan fingerprint density at radius 3 is 2.46 bits per heavy atom. The van der Waals surface area contributed by atoms with E-state index < -0.39 is 27.7 Å². The molecule has 1 aromatic heterocycles. The van der Waals surface area contributed by atoms with Crippen molar-refractivity contribution >= 4 is 32.4 Å². The van der Waals surface area contributed by atoms with Gasteiger partial charge < -0.3 is 10.1 Å². The van der Waals surface area contributed by atoms with Crippen LogP contribution in [0.4, 0.5) is 18.3 Å². The van der Waals surface area contributed by atoms with E-state index in [4.69, 9.17) is 4.74 Å². The number of nitrogens with one attached hydrogen (secondary N) is 2. The van der Waals surface area contributed by atoms with Crippen LogP contribution in [0.5, 0.6) is 0 Å². The molecule has 2 atom stereocenters. The molecular formula is C26H29F3N4O4S2. The van der Waals surface area contributed by atoms with Crippen molar-refractivity contribution in [2.75, 3.05) is 11.8 Å². The molecule has 13 heteroatoms. The second-order valence-corrected chi connectivity index (χ2v) is 12.4. The first kappa shape index (κ1) is 29.0. The highest BCUT2D eigenvalue weighted by Gasteiger charge is 2.33. The van der Waals surface area contributed by atoms with Crippen LogP contribution in [0, 0.1) is 0 Å². The predicted octanol–water partition coefficient (Wildman–Crippen LogP) is 5.69. The topological polar surface area (TPSA) is 110 Å². The van der Waals surface area contributed by atoms with Crippen LogP contribution in [0.2, 0.25) is 0 Å². The van der Waals surface area contributed by atoms with Crippen molar-refractivity contribution in [1.82, 2.24) is 15.5 Å². The second kappa shape index (κ2) is 11.6. The first-order valence-electron chi connectivity index (χ1n) is 12.3. The smallest absolute Gasteiger partial charge is 0.380 e. The van der Waals surface area contributed by atoms with Crippen LogP contribution in [0.1, 0.15) is 77.0 Å². The summed E-state index contributed by atoms with van der Waals surface area (Å²) in [5.41, 5.74) is 0.290. The summed E-state index contributed by atoms with van der Waals surface area (Å²) < 4.78 is 72.6. The molecule has 0 bridgehead atoms. The van der Waals surface area contributed by atoms with Crippen molar-refractivity contribution in [2.45, 2.75) is 68.7 Å². The number of sulfonamides is 1. The highest BCUT2D eigenvalue weighted by atomic mass is 32.2. The zero-order chi connectivity index (χ0) is 28.4. The minimum absolute atomic E-state index is 0.0695. The quantitative estimate of drug-likeness (QED) is 0.335. The average molecular weight is 583 g/mol. The number of anilines is 1. The van der Waals surface area contributed by atoms with Crippen molar-refractivity contribution < 1.29 is 31.1 Å². The summed E-state index contributed by atoms with van der Waals surface area (Å²) in [7, 11) is -2.51. The lowest BCUT2D eigenvalue weighted by Crippen LogP contribution is -2.37. The number of benzene rings is 2. The minimum atomic E-state index is -4.53. The molecule has 0 aliphatic heterocycles. The molecule has 210 valence electrons. The number of carbonyl (C=O) groups is 1. The fourth-order valence-electron chi connectivity index (χ4n) is 4.62. The number of rotatable bonds is 9. The highest BCUT2D eigenvalue weighted by molar-refractivity contribution is 7.93. The average Bonchev–Trinajstić information content (AvgIpc) is 3.53. The number of nitrogens with zero attached hydrogens (tertiary/aromatic N) is 2. The van der Waals surface area contributed by atoms with Gasteiger partial charge in [0.2, 0.25) is 5.13 Å². The molecule has 1 heterocycles. The van der Waals surface area contributed by atoms with Gasteiger partial charge in [-0.3, -0.25) is 9.52 Å². The lowest BCUT2D eigenvalue weighted by Gasteiger charge is -2.23. The molecule has 0 saturated heterocycles. The summed E-state index contributed by atoms with van der Waals surface area (Å²) in [6.45, 7) is 3.75. The zero-order valence-electron chi connectivity index (χ0n) is 21.6. The van der Waals surface area contributed by atoms with Crippen LogP contribution in [0.25, 0.3) is 0 Å². The molecule has 2 aromatic carbocycles. The van der Waals surface area contributed by atoms with Crippen molar-refractivity contribution in [1.29, 1.82) is 0 Å². The van der Waals surface area contributed by atoms with E-state index in [0.29, 0.717) is 6.42 Å². The lowest BCUT2D eigenvalue weighted by atomic mass is 9.93. The van der Waals surface area contributed by atoms with E-state index in [0.717, 1.165) is 35.5 Å². The fraction of sp³-hybridized carbons (Fsp3) is 0.423. The Kier molecular flexibility index (Phi) is 8.62. The number of hydrogen-bond donors (Lipinski definition) is 2. The van der Waals surface area contributed by atoms with Crippen LogP contribution < -0.4 is 10.0 Å². The van der Waals surface area contributed by atoms with Crippen LogP contribution in [0.3, 0.4) is 0 Å². The molecule has 1 aliphatic carbocycles. The van der Waals surface area contributed by atoms with Gasteiger partial charge in [0, 0.05) is 30.6 Å². The van der Waals surface area contributed by atoms with Gasteiger partial charge in [0.15, 0.2) is 0 Å². The van der Waals surface area contributed by atoms with Crippen LogP contribution >= 0.6 is 11.3 Å². The molecule has 2 N–H and O–H groups in total. The number of carbonyl (C=O) groups excluding carboxylic acids is 1. The van der Waals surface area contributed by atoms with Crippen LogP contribution in [-0.4, -0.2) is 37.7 Å². The first-order chi connectivity index (χ1) is 18.4. The molecule has 3 aromatic rings. The van der Waals surface area contributed by atoms with E-state index in [2.05, 4.69) is 20.2 Å². The number of ether oxygens (including phenoxy) is 1. The molecule has 0 radical (unpaired) electrons. The van der Waals surface area contributed by atoms with Gasteiger partial charge in [-0.1, -0.05) is 43.7 Å². The summed E-state index contributed by atoms with van der Waals surface area (Å²) in [4.78, 5) is 13.2. The van der Waals surface area contributed by atoms with Crippen molar-refractivity contribution in [3.8, 4) is 0 Å². The van der Waals surface area contributed by atoms with Crippen LogP contribution in [-0.2, 0) is 27.5 Å². The monoisotopic (exact) mass is 582 g/mol. The van der Waals surface area contributed by atoms with Gasteiger partial charge in [0.05, 0.1) is 17.1 Å². The molecule has 1 amide bonds. The summed E-state index contributed by atoms with van der Waals surface area (Å²) in [5.74, 6) is -0.421. The second-order valence-electron chi connectivity index (χ2n) is 9.69. The highest BCUT2D eigenvalue weighted by Crippen LogP contribution is 2.36. The van der Waals surface area contributed by atoms with E-state index in [1.807, 2.05) is 13.8 Å². The minimum Gasteiger partial charge on any atom is -0.380 e. The summed E-state index contributed by atoms with van der Waals surface area (Å²) in [6.07, 6.45) is -2.23. The van der Waals surface area contributed by atoms with Gasteiger partial charge in [-0.2, -0.15) is 13.2 Å². The van der Waals surface area contributed by atoms with E-state index >= 15 is 0 Å². The third-order valence-corrected chi connectivity index (χ3v) is 9.21. The zero-order valence-corrected chi connectivity index (χ0v) is 23.2. The van der Waals surface area contributed by atoms with Gasteiger partial charge in [-0.15, -0.1) is 10.2 Å². The maximum atomic E-state index is 13.2. The Balaban J connectivity index is 1.48. The van der Waals surface area contributed by atoms with Crippen molar-refractivity contribution in [2.24, 2.45) is 0 Å². The Hall–Kier alpha value is -3.03. The van der Waals surface area contributed by atoms with Crippen LogP contribution in [0.15, 0.2) is 47.4 Å². The van der Waals surface area contributed by atoms with Gasteiger partial charge >= 0.3 is 6.18 Å². The van der Waals surface area contributed by atoms with Gasteiger partial charge in [0.1, 0.15) is 5.01 Å². The SMILES string of the molecule is COCc1cc(C(F)(F)F)ccc1C(=O)N[C@@H]1CCC[C@H]1c1ccc(S(=O)(=O)Nc2nnc(C(C)C)s2)cc1. The van der Waals surface area contributed by atoms with Gasteiger partial charge in [0.25, 0.3) is 15.9 Å². The number of hydrogen-bond acceptors (Lipinski definition) is 7. The molecule has 8 nitrogen and oxygen atoms in total. The van der Waals surface area contributed by atoms with Crippen molar-refractivity contribution in [3.63, 3.8) is 0 Å². The molecule has 1 fully saturated rings. The van der Waals surface area contributed by atoms with Gasteiger partial charge in [-0.05, 0) is 54.3 Å². The predicted molar refractivity (Wildman–Crippen MR) is 141 cm³/mol. The number of methoxy groups -OCH3 is 1. The Morgan fingerprint density at radius 1 is 1.13 bits per heavy atom. The Morgan fingerprint density at radius 2 is 1.85 bits per heavy atom. The third-order valence-electron chi connectivity index (χ3n) is 6.58. The molecule has 39 heavy (non-hydrogen) atoms. The van der Waals surface area contributed by atoms with Crippen molar-refractivity contribution in [3.05, 3.63) is 69.7 Å². The van der Waals surface area contributed by atoms with E-state index in [1.165, 1.54) is 36.6 Å². The van der Waals surface area contributed by atoms with E-state index in [1.54, 1.807) is 12.1 Å². The Bertz CT molecular complexity index is 1420. The summed E-state index contributed by atoms with van der Waals surface area (Å²) in [6, 6.07) is 9.19. The van der Waals surface area contributed by atoms with Gasteiger partial charge in [-0.25, -0.2) is 8.42 Å². The number of halogens is 3. The molecular weight excluding hydrogens is 553 g/mol. The largest absolute Gasteiger partial charge is 0.416 e. The summed E-state index contributed by atoms with van der Waals surface area (Å²) >= 11 is 1.18. The molecule has 1 aliphatic rings. The standard InChI is InChI=1S/C26H29F3N4O4S2/c1-15(2)24-31-32-25(38-24)33-39(35,36)19-10-7-16(8-11-19)20-5-4-6-22(20)30-23(34)21-12-9-18(26(27,28)29)13-17(21)14-37-3/h7-13,15,20,22H,4-6,14H2,1-3H3,(H,30,34)(H,32,33)/t20-,22+/m0/s1. The molecule has 4 rings (SSSR count). The molecule has 0 spiro atoms. The Labute approximate surface area is 229 Å². The lowest BCUT2D eigenvalue weighted by molar-refractivity contribution is -0.137. The molecule has 0 unspecified atom stereocenters. The third kappa shape index (κ3) is 6.76. The fourth-order valence-corrected chi connectivity index (χ4v) is 6.60. The normalized spacial score (nSPS) is 17.9. The summed E-state index contributed by atoms with van der Waals surface area (Å²) in [5, 5.41) is 11.8. The van der Waals surface area contributed by atoms with E-state index in [-0.39, 0.29) is 45.6 Å². The van der Waals surface area contributed by atoms with E-state index in [9.17, 15) is 26.4 Å². The first-order valence-corrected chi connectivity index (χ1v) is 14.6.